The molecule has 0 bridgehead atoms. The van der Waals surface area contributed by atoms with E-state index >= 15 is 0 Å². The van der Waals surface area contributed by atoms with Crippen LogP contribution in [0.2, 0.25) is 5.02 Å². The Kier molecular flexibility index (Phi) is 10.4. The lowest BCUT2D eigenvalue weighted by Gasteiger charge is -2.34. The van der Waals surface area contributed by atoms with Crippen LogP contribution in [0, 0.1) is 6.92 Å². The third-order valence-electron chi connectivity index (χ3n) is 6.74. The van der Waals surface area contributed by atoms with Gasteiger partial charge in [-0.05, 0) is 61.6 Å². The number of anilines is 1. The molecule has 37 heavy (non-hydrogen) atoms. The van der Waals surface area contributed by atoms with Crippen molar-refractivity contribution in [3.8, 4) is 0 Å². The highest BCUT2D eigenvalue weighted by molar-refractivity contribution is 9.10. The van der Waals surface area contributed by atoms with Gasteiger partial charge in [0.15, 0.2) is 0 Å². The van der Waals surface area contributed by atoms with Gasteiger partial charge in [-0.2, -0.15) is 0 Å². The molecule has 0 unspecified atom stereocenters. The van der Waals surface area contributed by atoms with Crippen LogP contribution in [0.1, 0.15) is 56.6 Å². The van der Waals surface area contributed by atoms with E-state index in [0.717, 1.165) is 52.7 Å². The molecule has 7 nitrogen and oxygen atoms in total. The molecule has 1 aliphatic rings. The number of carbonyl (C=O) groups excluding carboxylic acids is 2. The van der Waals surface area contributed by atoms with E-state index in [1.807, 2.05) is 19.9 Å². The molecule has 3 rings (SSSR count). The zero-order valence-corrected chi connectivity index (χ0v) is 24.7. The Morgan fingerprint density at radius 2 is 1.81 bits per heavy atom. The number of halogens is 2. The zero-order valence-electron chi connectivity index (χ0n) is 21.5. The second-order valence-corrected chi connectivity index (χ2v) is 12.8. The SMILES string of the molecule is CC[C@H](C(=O)NC1CCCCC1)N(Cc1ccccc1Cl)C(=O)CN(c1ccc(Br)c(C)c1)S(C)(=O)=O. The maximum Gasteiger partial charge on any atom is 0.244 e. The smallest absolute Gasteiger partial charge is 0.244 e. The van der Waals surface area contributed by atoms with E-state index in [0.29, 0.717) is 22.7 Å². The third-order valence-corrected chi connectivity index (χ3v) is 9.14. The normalized spacial score (nSPS) is 15.2. The zero-order chi connectivity index (χ0) is 27.2. The van der Waals surface area contributed by atoms with Gasteiger partial charge in [0.05, 0.1) is 11.9 Å². The van der Waals surface area contributed by atoms with E-state index in [9.17, 15) is 18.0 Å². The maximum atomic E-state index is 13.8. The molecule has 2 aromatic rings. The summed E-state index contributed by atoms with van der Waals surface area (Å²) in [5.74, 6) is -0.697. The minimum absolute atomic E-state index is 0.0887. The van der Waals surface area contributed by atoms with Crippen molar-refractivity contribution in [1.82, 2.24) is 10.2 Å². The average Bonchev–Trinajstić information content (AvgIpc) is 2.85. The number of benzene rings is 2. The van der Waals surface area contributed by atoms with Crippen LogP contribution in [-0.2, 0) is 26.2 Å². The topological polar surface area (TPSA) is 86.8 Å². The van der Waals surface area contributed by atoms with Gasteiger partial charge < -0.3 is 10.2 Å². The van der Waals surface area contributed by atoms with Crippen LogP contribution in [0.25, 0.3) is 0 Å². The van der Waals surface area contributed by atoms with Gasteiger partial charge in [0.2, 0.25) is 21.8 Å². The van der Waals surface area contributed by atoms with Gasteiger partial charge in [-0.3, -0.25) is 13.9 Å². The summed E-state index contributed by atoms with van der Waals surface area (Å²) in [5, 5.41) is 3.61. The molecule has 0 aromatic heterocycles. The number of carbonyl (C=O) groups is 2. The maximum absolute atomic E-state index is 13.8. The average molecular weight is 613 g/mol. The number of amides is 2. The van der Waals surface area contributed by atoms with Crippen LogP contribution in [-0.4, -0.2) is 50.0 Å². The molecule has 1 atom stereocenters. The van der Waals surface area contributed by atoms with Gasteiger partial charge in [-0.15, -0.1) is 0 Å². The highest BCUT2D eigenvalue weighted by Gasteiger charge is 2.33. The number of sulfonamides is 1. The molecule has 1 N–H and O–H groups in total. The molecule has 1 fully saturated rings. The molecule has 0 spiro atoms. The van der Waals surface area contributed by atoms with Crippen LogP contribution >= 0.6 is 27.5 Å². The van der Waals surface area contributed by atoms with Crippen molar-refractivity contribution in [2.75, 3.05) is 17.1 Å². The van der Waals surface area contributed by atoms with Crippen molar-refractivity contribution < 1.29 is 18.0 Å². The Bertz CT molecular complexity index is 1220. The number of rotatable bonds is 10. The lowest BCUT2D eigenvalue weighted by molar-refractivity contribution is -0.140. The number of nitrogens with zero attached hydrogens (tertiary/aromatic N) is 2. The molecule has 2 amide bonds. The summed E-state index contributed by atoms with van der Waals surface area (Å²) in [6.07, 6.45) is 6.60. The number of nitrogens with one attached hydrogen (secondary N) is 1. The number of hydrogen-bond donors (Lipinski definition) is 1. The van der Waals surface area contributed by atoms with Crippen LogP contribution in [0.15, 0.2) is 46.9 Å². The second-order valence-electron chi connectivity index (χ2n) is 9.58. The molecule has 0 heterocycles. The van der Waals surface area contributed by atoms with Crippen molar-refractivity contribution in [1.29, 1.82) is 0 Å². The first kappa shape index (κ1) is 29.5. The number of aryl methyl sites for hydroxylation is 1. The van der Waals surface area contributed by atoms with Crippen LogP contribution < -0.4 is 9.62 Å². The lowest BCUT2D eigenvalue weighted by Crippen LogP contribution is -2.54. The fourth-order valence-electron chi connectivity index (χ4n) is 4.67. The van der Waals surface area contributed by atoms with Gasteiger partial charge in [-0.25, -0.2) is 8.42 Å². The molecular formula is C27H35BrClN3O4S. The standard InChI is InChI=1S/C27H35BrClN3O4S/c1-4-25(27(34)30-21-11-6-5-7-12-21)31(17-20-10-8-9-13-24(20)29)26(33)18-32(37(3,35)36)22-14-15-23(28)19(2)16-22/h8-10,13-16,21,25H,4-7,11-12,17-18H2,1-3H3,(H,30,34)/t25-/m1/s1. The van der Waals surface area contributed by atoms with E-state index < -0.39 is 28.5 Å². The Hall–Kier alpha value is -2.10. The quantitative estimate of drug-likeness (QED) is 0.388. The van der Waals surface area contributed by atoms with Crippen LogP contribution in [0.3, 0.4) is 0 Å². The van der Waals surface area contributed by atoms with Gasteiger partial charge in [0, 0.05) is 22.1 Å². The first-order valence-corrected chi connectivity index (χ1v) is 15.6. The molecule has 202 valence electrons. The molecular weight excluding hydrogens is 578 g/mol. The Morgan fingerprint density at radius 3 is 2.41 bits per heavy atom. The summed E-state index contributed by atoms with van der Waals surface area (Å²) in [6, 6.07) is 11.6. The highest BCUT2D eigenvalue weighted by atomic mass is 79.9. The molecule has 0 aliphatic heterocycles. The van der Waals surface area contributed by atoms with Crippen LogP contribution in [0.4, 0.5) is 5.69 Å². The minimum Gasteiger partial charge on any atom is -0.352 e. The Labute approximate surface area is 233 Å². The monoisotopic (exact) mass is 611 g/mol. The van der Waals surface area contributed by atoms with E-state index in [-0.39, 0.29) is 18.5 Å². The van der Waals surface area contributed by atoms with Crippen molar-refractivity contribution in [3.63, 3.8) is 0 Å². The summed E-state index contributed by atoms with van der Waals surface area (Å²) in [5.41, 5.74) is 1.91. The summed E-state index contributed by atoms with van der Waals surface area (Å²) >= 11 is 9.84. The van der Waals surface area contributed by atoms with Crippen molar-refractivity contribution in [2.45, 2.75) is 71.0 Å². The second kappa shape index (κ2) is 13.1. The van der Waals surface area contributed by atoms with E-state index in [4.69, 9.17) is 11.6 Å². The molecule has 10 heteroatoms. The van der Waals surface area contributed by atoms with Crippen molar-refractivity contribution in [2.24, 2.45) is 0 Å². The first-order valence-electron chi connectivity index (χ1n) is 12.6. The Balaban J connectivity index is 1.93. The molecule has 1 aliphatic carbocycles. The lowest BCUT2D eigenvalue weighted by atomic mass is 9.95. The molecule has 1 saturated carbocycles. The third kappa shape index (κ3) is 7.94. The number of hydrogen-bond acceptors (Lipinski definition) is 4. The largest absolute Gasteiger partial charge is 0.352 e. The Morgan fingerprint density at radius 1 is 1.14 bits per heavy atom. The molecule has 0 saturated heterocycles. The van der Waals surface area contributed by atoms with Gasteiger partial charge in [0.1, 0.15) is 12.6 Å². The predicted molar refractivity (Wildman–Crippen MR) is 152 cm³/mol. The van der Waals surface area contributed by atoms with Crippen molar-refractivity contribution in [3.05, 3.63) is 63.1 Å². The summed E-state index contributed by atoms with van der Waals surface area (Å²) in [6.45, 7) is 3.36. The van der Waals surface area contributed by atoms with Gasteiger partial charge in [-0.1, -0.05) is 71.9 Å². The van der Waals surface area contributed by atoms with Gasteiger partial charge >= 0.3 is 0 Å². The molecule has 2 aromatic carbocycles. The van der Waals surface area contributed by atoms with Gasteiger partial charge in [0.25, 0.3) is 0 Å². The minimum atomic E-state index is -3.79. The van der Waals surface area contributed by atoms with E-state index in [1.165, 1.54) is 4.90 Å². The predicted octanol–water partition coefficient (Wildman–Crippen LogP) is 5.43. The van der Waals surface area contributed by atoms with Crippen LogP contribution in [0.5, 0.6) is 0 Å². The van der Waals surface area contributed by atoms with Crippen molar-refractivity contribution >= 4 is 55.1 Å². The highest BCUT2D eigenvalue weighted by Crippen LogP contribution is 2.26. The van der Waals surface area contributed by atoms with E-state index in [1.54, 1.807) is 36.4 Å². The summed E-state index contributed by atoms with van der Waals surface area (Å²) in [4.78, 5) is 28.7. The first-order chi connectivity index (χ1) is 17.5. The fraction of sp³-hybridized carbons (Fsp3) is 0.481. The fourth-order valence-corrected chi connectivity index (χ4v) is 5.96. The molecule has 0 radical (unpaired) electrons. The summed E-state index contributed by atoms with van der Waals surface area (Å²) < 4.78 is 27.5. The van der Waals surface area contributed by atoms with E-state index in [2.05, 4.69) is 21.2 Å². The summed E-state index contributed by atoms with van der Waals surface area (Å²) in [7, 11) is -3.79.